The van der Waals surface area contributed by atoms with Crippen molar-refractivity contribution in [3.8, 4) is 0 Å². The van der Waals surface area contributed by atoms with E-state index < -0.39 is 183 Å². The zero-order chi connectivity index (χ0) is 63.0. The van der Waals surface area contributed by atoms with Crippen LogP contribution in [0.1, 0.15) is 139 Å². The molecule has 0 spiro atoms. The van der Waals surface area contributed by atoms with Crippen LogP contribution in [0.3, 0.4) is 0 Å². The SMILES string of the molecule is CC1=CCC[C@@H](C)[C@@H](O)[C@@H](C)[C@H](O)CCC=C[C@@H](C)[C@H](O)C=C[C@@H](C)[C@H](O)C(C)=C[C@@H](O[C@H]2O[C@H](CO)[C@@H](O)[C@H](O)[C@@H]2O)[C@@H](O)C[C@@H](O)C[C@H](O)C[C@H](O)[C@@H](C)[C@H](O)[C@H](C)[C@H](O)C[C@H](O)C[C@H](O)C=CC[C@H]([C@H](C)[C@H](O)CCCN)OC1=O. The van der Waals surface area contributed by atoms with Crippen molar-refractivity contribution in [1.29, 1.82) is 0 Å². The molecule has 0 aromatic carbocycles. The summed E-state index contributed by atoms with van der Waals surface area (Å²) in [5, 5.41) is 186. The molecule has 22 heteroatoms. The molecule has 27 atom stereocenters. The third-order valence-electron chi connectivity index (χ3n) is 17.0. The lowest BCUT2D eigenvalue weighted by molar-refractivity contribution is -0.313. The van der Waals surface area contributed by atoms with Gasteiger partial charge in [-0.1, -0.05) is 97.1 Å². The van der Waals surface area contributed by atoms with E-state index in [0.717, 1.165) is 0 Å². The normalized spacial score (nSPS) is 41.8. The molecule has 0 aliphatic carbocycles. The molecule has 2 heterocycles. The summed E-state index contributed by atoms with van der Waals surface area (Å²) in [6.07, 6.45) is -13.2. The summed E-state index contributed by atoms with van der Waals surface area (Å²) < 4.78 is 17.4. The Morgan fingerprint density at radius 2 is 1.22 bits per heavy atom. The molecule has 2 aliphatic rings. The number of carbonyl (C=O) groups is 1. The molecule has 22 nitrogen and oxygen atoms in total. The van der Waals surface area contributed by atoms with Gasteiger partial charge < -0.3 is 107 Å². The number of nitrogens with two attached hydrogens (primary N) is 1. The minimum atomic E-state index is -1.88. The summed E-state index contributed by atoms with van der Waals surface area (Å²) in [5.74, 6) is -4.84. The molecule has 1 fully saturated rings. The van der Waals surface area contributed by atoms with Crippen LogP contribution in [0, 0.1) is 41.4 Å². The van der Waals surface area contributed by atoms with E-state index in [4.69, 9.17) is 19.9 Å². The van der Waals surface area contributed by atoms with Gasteiger partial charge in [0.2, 0.25) is 0 Å². The predicted octanol–water partition coefficient (Wildman–Crippen LogP) is 0.442. The van der Waals surface area contributed by atoms with E-state index in [1.807, 2.05) is 13.0 Å². The van der Waals surface area contributed by atoms with Crippen molar-refractivity contribution in [3.63, 3.8) is 0 Å². The Hall–Kier alpha value is -2.63. The van der Waals surface area contributed by atoms with Crippen LogP contribution in [-0.2, 0) is 19.0 Å². The van der Waals surface area contributed by atoms with Gasteiger partial charge in [-0.05, 0) is 89.7 Å². The van der Waals surface area contributed by atoms with Gasteiger partial charge >= 0.3 is 5.97 Å². The Balaban J connectivity index is 2.45. The van der Waals surface area contributed by atoms with Crippen molar-refractivity contribution in [3.05, 3.63) is 59.8 Å². The van der Waals surface area contributed by atoms with Crippen molar-refractivity contribution in [1.82, 2.24) is 0 Å². The van der Waals surface area contributed by atoms with Crippen LogP contribution in [0.25, 0.3) is 0 Å². The lowest BCUT2D eigenvalue weighted by atomic mass is 9.82. The Labute approximate surface area is 492 Å². The molecule has 19 N–H and O–H groups in total. The third-order valence-corrected chi connectivity index (χ3v) is 17.0. The van der Waals surface area contributed by atoms with Gasteiger partial charge in [-0.25, -0.2) is 4.79 Å². The van der Waals surface area contributed by atoms with E-state index in [2.05, 4.69) is 0 Å². The lowest BCUT2D eigenvalue weighted by Crippen LogP contribution is -2.60. The number of hydrogen-bond donors (Lipinski definition) is 18. The number of rotatable bonds is 8. The van der Waals surface area contributed by atoms with Crippen LogP contribution in [0.15, 0.2) is 59.8 Å². The summed E-state index contributed by atoms with van der Waals surface area (Å²) in [7, 11) is 0. The Morgan fingerprint density at radius 3 is 1.81 bits per heavy atom. The number of cyclic esters (lactones) is 1. The molecule has 0 amide bonds. The molecular formula is C61H109NO21. The summed E-state index contributed by atoms with van der Waals surface area (Å²) in [4.78, 5) is 13.4. The molecule has 0 unspecified atom stereocenters. The molecule has 0 radical (unpaired) electrons. The molecular weight excluding hydrogens is 1080 g/mol. The fraction of sp³-hybridized carbons (Fsp3) is 0.820. The van der Waals surface area contributed by atoms with Gasteiger partial charge in [0.1, 0.15) is 36.6 Å². The first-order chi connectivity index (χ1) is 38.9. The Bertz CT molecular complexity index is 1960. The van der Waals surface area contributed by atoms with Crippen LogP contribution >= 0.6 is 0 Å². The van der Waals surface area contributed by atoms with Gasteiger partial charge in [-0.15, -0.1) is 0 Å². The fourth-order valence-corrected chi connectivity index (χ4v) is 10.5. The van der Waals surface area contributed by atoms with Crippen molar-refractivity contribution >= 4 is 5.97 Å². The molecule has 484 valence electrons. The molecule has 0 aromatic rings. The maximum Gasteiger partial charge on any atom is 0.333 e. The van der Waals surface area contributed by atoms with E-state index in [1.165, 1.54) is 39.0 Å². The first-order valence-corrected chi connectivity index (χ1v) is 29.9. The van der Waals surface area contributed by atoms with Crippen molar-refractivity contribution < 1.29 is 106 Å². The van der Waals surface area contributed by atoms with Crippen LogP contribution < -0.4 is 5.73 Å². The average molecular weight is 1190 g/mol. The van der Waals surface area contributed by atoms with Crippen LogP contribution in [0.2, 0.25) is 0 Å². The summed E-state index contributed by atoms with van der Waals surface area (Å²) in [6, 6.07) is 0. The number of allylic oxidation sites excluding steroid dienone is 2. The van der Waals surface area contributed by atoms with E-state index in [-0.39, 0.29) is 37.2 Å². The van der Waals surface area contributed by atoms with Crippen molar-refractivity contribution in [2.75, 3.05) is 13.2 Å². The second kappa shape index (κ2) is 38.6. The largest absolute Gasteiger partial charge is 0.458 e. The fourth-order valence-electron chi connectivity index (χ4n) is 10.5. The minimum absolute atomic E-state index is 0.0959. The molecule has 2 aliphatic heterocycles. The highest BCUT2D eigenvalue weighted by Crippen LogP contribution is 2.30. The van der Waals surface area contributed by atoms with E-state index in [0.29, 0.717) is 50.6 Å². The van der Waals surface area contributed by atoms with Gasteiger partial charge in [0.05, 0.1) is 86.0 Å². The molecule has 0 saturated carbocycles. The number of carbonyl (C=O) groups excluding carboxylic acids is 1. The maximum absolute atomic E-state index is 13.4. The Kier molecular flexibility index (Phi) is 35.6. The zero-order valence-electron chi connectivity index (χ0n) is 50.4. The standard InChI is InChI=1S/C61H109NO21/c1-32-15-10-11-19-47(70)38(7)55(75)33(2)16-12-17-35(4)60(80)81-51(37(6)46(69)20-14-24-62)21-13-18-41(64)26-42(65)28-48(71)39(8)56(76)40(9)49(72)29-43(66)27-44(67)30-50(73)52(25-36(5)54(74)34(3)22-23-45(32)68)82-61-59(79)58(78)57(77)53(31-63)83-61/h10,13,15,17-18,22-23,25,32-34,37-59,61,63-79H,11-12,14,16,19-21,24,26-31,62H2,1-9H3/t32-,33-,34-,37-,38+,39-,40-,41-,42-,43+,44+,45-,46-,47-,48-,49+,50+,51-,52-,53-,54+,55-,56-,57-,58+,59+,61+/m1/s1. The van der Waals surface area contributed by atoms with Crippen LogP contribution in [0.5, 0.6) is 0 Å². The number of aliphatic hydroxyl groups excluding tert-OH is 17. The minimum Gasteiger partial charge on any atom is -0.458 e. The summed E-state index contributed by atoms with van der Waals surface area (Å²) in [5.41, 5.74) is 6.22. The van der Waals surface area contributed by atoms with E-state index in [9.17, 15) is 91.6 Å². The molecule has 2 rings (SSSR count). The van der Waals surface area contributed by atoms with Gasteiger partial charge in [-0.3, -0.25) is 0 Å². The highest BCUT2D eigenvalue weighted by atomic mass is 16.7. The first-order valence-electron chi connectivity index (χ1n) is 29.9. The summed E-state index contributed by atoms with van der Waals surface area (Å²) >= 11 is 0. The van der Waals surface area contributed by atoms with Crippen LogP contribution in [-0.4, -0.2) is 228 Å². The molecule has 0 aromatic heterocycles. The number of aliphatic hydroxyl groups is 17. The first kappa shape index (κ1) is 76.5. The lowest BCUT2D eigenvalue weighted by Gasteiger charge is -2.41. The molecule has 83 heavy (non-hydrogen) atoms. The second-order valence-corrected chi connectivity index (χ2v) is 24.2. The van der Waals surface area contributed by atoms with Gasteiger partial charge in [-0.2, -0.15) is 0 Å². The number of esters is 1. The zero-order valence-corrected chi connectivity index (χ0v) is 50.4. The van der Waals surface area contributed by atoms with Gasteiger partial charge in [0.25, 0.3) is 0 Å². The number of ether oxygens (including phenoxy) is 3. The second-order valence-electron chi connectivity index (χ2n) is 24.2. The predicted molar refractivity (Wildman–Crippen MR) is 310 cm³/mol. The Morgan fingerprint density at radius 1 is 0.639 bits per heavy atom. The van der Waals surface area contributed by atoms with E-state index in [1.54, 1.807) is 58.9 Å². The van der Waals surface area contributed by atoms with E-state index >= 15 is 0 Å². The van der Waals surface area contributed by atoms with Crippen molar-refractivity contribution in [2.45, 2.75) is 262 Å². The topological polar surface area (TPSA) is 415 Å². The van der Waals surface area contributed by atoms with Gasteiger partial charge in [0.15, 0.2) is 6.29 Å². The third kappa shape index (κ3) is 25.9. The highest BCUT2D eigenvalue weighted by Gasteiger charge is 2.46. The highest BCUT2D eigenvalue weighted by molar-refractivity contribution is 5.87. The monoisotopic (exact) mass is 1190 g/mol. The van der Waals surface area contributed by atoms with Crippen LogP contribution in [0.4, 0.5) is 0 Å². The maximum atomic E-state index is 13.4. The smallest absolute Gasteiger partial charge is 0.333 e. The molecule has 1 saturated heterocycles. The average Bonchev–Trinajstić information content (AvgIpc) is 3.63. The summed E-state index contributed by atoms with van der Waals surface area (Å²) in [6.45, 7) is 14.5. The molecule has 0 bridgehead atoms. The number of hydrogen-bond acceptors (Lipinski definition) is 22. The quantitative estimate of drug-likeness (QED) is 0.116. The van der Waals surface area contributed by atoms with Gasteiger partial charge in [0, 0.05) is 60.3 Å². The van der Waals surface area contributed by atoms with Crippen molar-refractivity contribution in [2.24, 2.45) is 47.2 Å².